The highest BCUT2D eigenvalue weighted by atomic mass is 16.3. The van der Waals surface area contributed by atoms with Crippen LogP contribution in [-0.2, 0) is 4.79 Å². The minimum Gasteiger partial charge on any atom is -0.394 e. The number of nitrogens with one attached hydrogen (secondary N) is 1. The second-order valence-corrected chi connectivity index (χ2v) is 5.17. The van der Waals surface area contributed by atoms with Crippen LogP contribution in [0.4, 0.5) is 0 Å². The van der Waals surface area contributed by atoms with E-state index in [2.05, 4.69) is 26.1 Å². The van der Waals surface area contributed by atoms with Gasteiger partial charge in [-0.25, -0.2) is 0 Å². The molecule has 1 saturated heterocycles. The molecule has 0 radical (unpaired) electrons. The van der Waals surface area contributed by atoms with Crippen LogP contribution >= 0.6 is 0 Å². The quantitative estimate of drug-likeness (QED) is 0.730. The molecule has 1 rings (SSSR count). The van der Waals surface area contributed by atoms with E-state index in [9.17, 15) is 9.90 Å². The summed E-state index contributed by atoms with van der Waals surface area (Å²) in [6, 6.07) is -0.0785. The van der Waals surface area contributed by atoms with Crippen molar-refractivity contribution in [1.82, 2.24) is 10.2 Å². The first-order valence-corrected chi connectivity index (χ1v) is 6.76. The molecular weight excluding hydrogens is 216 g/mol. The SMILES string of the molecule is CCCNC1CCCN(C(CO)C(C)C)C1=O. The zero-order valence-electron chi connectivity index (χ0n) is 11.3. The van der Waals surface area contributed by atoms with E-state index >= 15 is 0 Å². The first-order valence-electron chi connectivity index (χ1n) is 6.76. The molecule has 0 aromatic carbocycles. The zero-order chi connectivity index (χ0) is 12.8. The summed E-state index contributed by atoms with van der Waals surface area (Å²) in [5.74, 6) is 0.464. The molecule has 2 N–H and O–H groups in total. The number of piperidine rings is 1. The molecule has 17 heavy (non-hydrogen) atoms. The summed E-state index contributed by atoms with van der Waals surface area (Å²) >= 11 is 0. The lowest BCUT2D eigenvalue weighted by atomic mass is 9.97. The van der Waals surface area contributed by atoms with Crippen LogP contribution in [0.15, 0.2) is 0 Å². The van der Waals surface area contributed by atoms with Gasteiger partial charge >= 0.3 is 0 Å². The van der Waals surface area contributed by atoms with Crippen molar-refractivity contribution >= 4 is 5.91 Å². The van der Waals surface area contributed by atoms with Gasteiger partial charge in [0.1, 0.15) is 0 Å². The van der Waals surface area contributed by atoms with Gasteiger partial charge < -0.3 is 15.3 Å². The van der Waals surface area contributed by atoms with E-state index in [1.807, 2.05) is 4.90 Å². The number of amides is 1. The Labute approximate surface area is 104 Å². The summed E-state index contributed by atoms with van der Waals surface area (Å²) in [5.41, 5.74) is 0. The molecule has 2 atom stereocenters. The predicted molar refractivity (Wildman–Crippen MR) is 68.7 cm³/mol. The maximum atomic E-state index is 12.3. The van der Waals surface area contributed by atoms with Crippen molar-refractivity contribution in [3.8, 4) is 0 Å². The van der Waals surface area contributed by atoms with E-state index in [0.717, 1.165) is 32.4 Å². The van der Waals surface area contributed by atoms with Crippen LogP contribution in [0.5, 0.6) is 0 Å². The van der Waals surface area contributed by atoms with Gasteiger partial charge in [0.2, 0.25) is 5.91 Å². The summed E-state index contributed by atoms with van der Waals surface area (Å²) in [6.07, 6.45) is 2.99. The lowest BCUT2D eigenvalue weighted by molar-refractivity contribution is -0.140. The van der Waals surface area contributed by atoms with Crippen molar-refractivity contribution in [3.05, 3.63) is 0 Å². The number of aliphatic hydroxyl groups excluding tert-OH is 1. The molecule has 2 unspecified atom stereocenters. The number of hydrogen-bond acceptors (Lipinski definition) is 3. The molecule has 1 aliphatic heterocycles. The van der Waals surface area contributed by atoms with Crippen LogP contribution in [-0.4, -0.2) is 47.7 Å². The molecular formula is C13H26N2O2. The summed E-state index contributed by atoms with van der Waals surface area (Å²) < 4.78 is 0. The monoisotopic (exact) mass is 242 g/mol. The fraction of sp³-hybridized carbons (Fsp3) is 0.923. The van der Waals surface area contributed by atoms with E-state index in [4.69, 9.17) is 0 Å². The molecule has 1 fully saturated rings. The van der Waals surface area contributed by atoms with E-state index in [1.54, 1.807) is 0 Å². The van der Waals surface area contributed by atoms with Gasteiger partial charge in [-0.05, 0) is 31.7 Å². The van der Waals surface area contributed by atoms with E-state index in [1.165, 1.54) is 0 Å². The molecule has 100 valence electrons. The highest BCUT2D eigenvalue weighted by Crippen LogP contribution is 2.19. The molecule has 1 heterocycles. The normalized spacial score (nSPS) is 23.2. The summed E-state index contributed by atoms with van der Waals surface area (Å²) in [7, 11) is 0. The Bertz CT molecular complexity index is 244. The third-order valence-corrected chi connectivity index (χ3v) is 3.47. The van der Waals surface area contributed by atoms with Gasteiger partial charge in [0.25, 0.3) is 0 Å². The van der Waals surface area contributed by atoms with Gasteiger partial charge in [-0.15, -0.1) is 0 Å². The van der Waals surface area contributed by atoms with Crippen molar-refractivity contribution in [1.29, 1.82) is 0 Å². The molecule has 4 heteroatoms. The van der Waals surface area contributed by atoms with Crippen molar-refractivity contribution in [2.75, 3.05) is 19.7 Å². The fourth-order valence-electron chi connectivity index (χ4n) is 2.41. The average molecular weight is 242 g/mol. The van der Waals surface area contributed by atoms with E-state index in [-0.39, 0.29) is 24.6 Å². The molecule has 1 aliphatic rings. The van der Waals surface area contributed by atoms with Crippen molar-refractivity contribution < 1.29 is 9.90 Å². The number of likely N-dealkylation sites (tertiary alicyclic amines) is 1. The second-order valence-electron chi connectivity index (χ2n) is 5.17. The van der Waals surface area contributed by atoms with Crippen LogP contribution in [0.3, 0.4) is 0 Å². The number of hydrogen-bond donors (Lipinski definition) is 2. The predicted octanol–water partition coefficient (Wildman–Crippen LogP) is 0.994. The van der Waals surface area contributed by atoms with Gasteiger partial charge in [-0.1, -0.05) is 20.8 Å². The Morgan fingerprint density at radius 1 is 1.53 bits per heavy atom. The van der Waals surface area contributed by atoms with Crippen molar-refractivity contribution in [2.24, 2.45) is 5.92 Å². The van der Waals surface area contributed by atoms with Crippen LogP contribution in [0.2, 0.25) is 0 Å². The minimum absolute atomic E-state index is 0.0336. The Hall–Kier alpha value is -0.610. The maximum Gasteiger partial charge on any atom is 0.240 e. The summed E-state index contributed by atoms with van der Waals surface area (Å²) in [6.45, 7) is 7.93. The molecule has 0 bridgehead atoms. The topological polar surface area (TPSA) is 52.6 Å². The lowest BCUT2D eigenvalue weighted by Crippen LogP contribution is -2.56. The third-order valence-electron chi connectivity index (χ3n) is 3.47. The number of rotatable bonds is 6. The molecule has 0 aromatic heterocycles. The molecule has 0 saturated carbocycles. The maximum absolute atomic E-state index is 12.3. The number of aliphatic hydroxyl groups is 1. The zero-order valence-corrected chi connectivity index (χ0v) is 11.3. The minimum atomic E-state index is -0.0449. The first kappa shape index (κ1) is 14.5. The Balaban J connectivity index is 2.63. The molecule has 0 aliphatic carbocycles. The average Bonchev–Trinajstić information content (AvgIpc) is 2.30. The van der Waals surface area contributed by atoms with Gasteiger partial charge in [0, 0.05) is 6.54 Å². The Kier molecular flexibility index (Phi) is 5.92. The summed E-state index contributed by atoms with van der Waals surface area (Å²) in [5, 5.41) is 12.7. The van der Waals surface area contributed by atoms with Crippen LogP contribution in [0, 0.1) is 5.92 Å². The number of carbonyl (C=O) groups excluding carboxylic acids is 1. The van der Waals surface area contributed by atoms with Crippen LogP contribution in [0.1, 0.15) is 40.0 Å². The highest BCUT2D eigenvalue weighted by Gasteiger charge is 2.33. The van der Waals surface area contributed by atoms with Gasteiger partial charge in [-0.2, -0.15) is 0 Å². The molecule has 1 amide bonds. The fourth-order valence-corrected chi connectivity index (χ4v) is 2.41. The smallest absolute Gasteiger partial charge is 0.240 e. The highest BCUT2D eigenvalue weighted by molar-refractivity contribution is 5.83. The number of nitrogens with zero attached hydrogens (tertiary/aromatic N) is 1. The largest absolute Gasteiger partial charge is 0.394 e. The molecule has 0 aromatic rings. The summed E-state index contributed by atoms with van der Waals surface area (Å²) in [4.78, 5) is 14.2. The second kappa shape index (κ2) is 6.97. The third kappa shape index (κ3) is 3.68. The van der Waals surface area contributed by atoms with E-state index < -0.39 is 0 Å². The first-order chi connectivity index (χ1) is 8.11. The van der Waals surface area contributed by atoms with Gasteiger partial charge in [-0.3, -0.25) is 4.79 Å². The van der Waals surface area contributed by atoms with Crippen LogP contribution < -0.4 is 5.32 Å². The Morgan fingerprint density at radius 3 is 2.76 bits per heavy atom. The standard InChI is InChI=1S/C13H26N2O2/c1-4-7-14-11-6-5-8-15(13(11)17)12(9-16)10(2)3/h10-12,14,16H,4-9H2,1-3H3. The molecule has 0 spiro atoms. The molecule has 4 nitrogen and oxygen atoms in total. The lowest BCUT2D eigenvalue weighted by Gasteiger charge is -2.39. The van der Waals surface area contributed by atoms with Crippen molar-refractivity contribution in [2.45, 2.75) is 52.1 Å². The Morgan fingerprint density at radius 2 is 2.24 bits per heavy atom. The van der Waals surface area contributed by atoms with Crippen LogP contribution in [0.25, 0.3) is 0 Å². The number of carbonyl (C=O) groups is 1. The van der Waals surface area contributed by atoms with Gasteiger partial charge in [0.15, 0.2) is 0 Å². The van der Waals surface area contributed by atoms with Crippen molar-refractivity contribution in [3.63, 3.8) is 0 Å². The van der Waals surface area contributed by atoms with E-state index in [0.29, 0.717) is 5.92 Å². The van der Waals surface area contributed by atoms with Gasteiger partial charge in [0.05, 0.1) is 18.7 Å².